The van der Waals surface area contributed by atoms with Gasteiger partial charge in [0.25, 0.3) is 0 Å². The molecule has 1 aliphatic heterocycles. The highest BCUT2D eigenvalue weighted by molar-refractivity contribution is 5.76. The maximum atomic E-state index is 12.9. The summed E-state index contributed by atoms with van der Waals surface area (Å²) in [7, 11) is 0. The van der Waals surface area contributed by atoms with Gasteiger partial charge in [0, 0.05) is 31.0 Å². The van der Waals surface area contributed by atoms with Crippen LogP contribution in [0.2, 0.25) is 0 Å². The number of aliphatic hydroxyl groups excluding tert-OH is 1. The van der Waals surface area contributed by atoms with Crippen molar-refractivity contribution in [3.05, 3.63) is 17.5 Å². The summed E-state index contributed by atoms with van der Waals surface area (Å²) >= 11 is 0. The summed E-state index contributed by atoms with van der Waals surface area (Å²) in [5.41, 5.74) is -1.12. The molecule has 2 rings (SSSR count). The van der Waals surface area contributed by atoms with Crippen LogP contribution in [-0.4, -0.2) is 44.9 Å². The van der Waals surface area contributed by atoms with Crippen LogP contribution in [0, 0.1) is 0 Å². The maximum Gasteiger partial charge on any atom is 0.435 e. The molecule has 1 aromatic heterocycles. The zero-order chi connectivity index (χ0) is 16.3. The van der Waals surface area contributed by atoms with Crippen molar-refractivity contribution in [2.75, 3.05) is 13.2 Å². The van der Waals surface area contributed by atoms with Crippen molar-refractivity contribution in [2.24, 2.45) is 0 Å². The SMILES string of the molecule is CC1CCCCN1C(=O)Cn1cc(CCO)c(C(F)(F)F)n1. The fourth-order valence-electron chi connectivity index (χ4n) is 2.78. The van der Waals surface area contributed by atoms with Crippen LogP contribution in [0.5, 0.6) is 0 Å². The van der Waals surface area contributed by atoms with Crippen molar-refractivity contribution in [1.82, 2.24) is 14.7 Å². The molecule has 1 aliphatic rings. The van der Waals surface area contributed by atoms with Crippen molar-refractivity contribution >= 4 is 5.91 Å². The summed E-state index contributed by atoms with van der Waals surface area (Å²) in [4.78, 5) is 13.9. The highest BCUT2D eigenvalue weighted by Gasteiger charge is 2.37. The highest BCUT2D eigenvalue weighted by atomic mass is 19.4. The molecule has 1 unspecified atom stereocenters. The van der Waals surface area contributed by atoms with E-state index in [1.807, 2.05) is 6.92 Å². The van der Waals surface area contributed by atoms with E-state index in [0.29, 0.717) is 6.54 Å². The molecule has 124 valence electrons. The van der Waals surface area contributed by atoms with Gasteiger partial charge in [0.1, 0.15) is 6.54 Å². The molecule has 1 fully saturated rings. The number of hydrogen-bond acceptors (Lipinski definition) is 3. The Bertz CT molecular complexity index is 528. The number of aromatic nitrogens is 2. The zero-order valence-corrected chi connectivity index (χ0v) is 12.4. The van der Waals surface area contributed by atoms with E-state index in [1.165, 1.54) is 6.20 Å². The van der Waals surface area contributed by atoms with Gasteiger partial charge in [-0.2, -0.15) is 18.3 Å². The Kier molecular flexibility index (Phi) is 5.10. The first-order chi connectivity index (χ1) is 10.3. The average Bonchev–Trinajstić information content (AvgIpc) is 2.82. The van der Waals surface area contributed by atoms with Gasteiger partial charge in [-0.05, 0) is 32.6 Å². The van der Waals surface area contributed by atoms with Gasteiger partial charge >= 0.3 is 6.18 Å². The second-order valence-electron chi connectivity index (χ2n) is 5.60. The second kappa shape index (κ2) is 6.68. The number of aliphatic hydroxyl groups is 1. The minimum atomic E-state index is -4.59. The standard InChI is InChI=1S/C14H20F3N3O2/c1-10-4-2-3-6-20(10)12(22)9-19-8-11(5-7-21)13(18-19)14(15,16)17/h8,10,21H,2-7,9H2,1H3. The second-order valence-corrected chi connectivity index (χ2v) is 5.60. The number of carbonyl (C=O) groups excluding carboxylic acids is 1. The van der Waals surface area contributed by atoms with Crippen molar-refractivity contribution in [3.63, 3.8) is 0 Å². The van der Waals surface area contributed by atoms with Crippen LogP contribution in [0.4, 0.5) is 13.2 Å². The van der Waals surface area contributed by atoms with E-state index in [-0.39, 0.29) is 30.5 Å². The van der Waals surface area contributed by atoms with E-state index in [4.69, 9.17) is 5.11 Å². The van der Waals surface area contributed by atoms with Crippen LogP contribution in [0.3, 0.4) is 0 Å². The van der Waals surface area contributed by atoms with E-state index in [2.05, 4.69) is 5.10 Å². The fourth-order valence-corrected chi connectivity index (χ4v) is 2.78. The number of hydrogen-bond donors (Lipinski definition) is 1. The van der Waals surface area contributed by atoms with Gasteiger partial charge in [0.15, 0.2) is 5.69 Å². The van der Waals surface area contributed by atoms with Gasteiger partial charge in [-0.15, -0.1) is 0 Å². The van der Waals surface area contributed by atoms with Crippen LogP contribution in [0.15, 0.2) is 6.20 Å². The Hall–Kier alpha value is -1.57. The van der Waals surface area contributed by atoms with Crippen LogP contribution in [0.1, 0.15) is 37.4 Å². The van der Waals surface area contributed by atoms with Gasteiger partial charge in [-0.1, -0.05) is 0 Å². The first kappa shape index (κ1) is 16.8. The number of carbonyl (C=O) groups is 1. The first-order valence-corrected chi connectivity index (χ1v) is 7.36. The van der Waals surface area contributed by atoms with Gasteiger partial charge < -0.3 is 10.0 Å². The first-order valence-electron chi connectivity index (χ1n) is 7.36. The molecule has 0 bridgehead atoms. The summed E-state index contributed by atoms with van der Waals surface area (Å²) in [5.74, 6) is -0.223. The van der Waals surface area contributed by atoms with E-state index in [9.17, 15) is 18.0 Å². The van der Waals surface area contributed by atoms with Crippen molar-refractivity contribution in [1.29, 1.82) is 0 Å². The quantitative estimate of drug-likeness (QED) is 0.921. The molecule has 1 atom stereocenters. The number of alkyl halides is 3. The van der Waals surface area contributed by atoms with Crippen LogP contribution >= 0.6 is 0 Å². The molecule has 2 heterocycles. The Labute approximate surface area is 126 Å². The Morgan fingerprint density at radius 1 is 1.45 bits per heavy atom. The molecule has 5 nitrogen and oxygen atoms in total. The molecule has 0 radical (unpaired) electrons. The minimum absolute atomic E-state index is 0.0884. The predicted molar refractivity (Wildman–Crippen MR) is 73.0 cm³/mol. The Morgan fingerprint density at radius 3 is 2.77 bits per heavy atom. The summed E-state index contributed by atoms with van der Waals surface area (Å²) in [5, 5.41) is 12.4. The van der Waals surface area contributed by atoms with E-state index in [0.717, 1.165) is 23.9 Å². The summed E-state index contributed by atoms with van der Waals surface area (Å²) in [6.45, 7) is 1.97. The molecule has 1 amide bonds. The lowest BCUT2D eigenvalue weighted by Gasteiger charge is -2.33. The molecule has 22 heavy (non-hydrogen) atoms. The molecule has 0 spiro atoms. The van der Waals surface area contributed by atoms with Gasteiger partial charge in [0.05, 0.1) is 0 Å². The molecular formula is C14H20F3N3O2. The molecular weight excluding hydrogens is 299 g/mol. The number of piperidine rings is 1. The van der Waals surface area contributed by atoms with Crippen LogP contribution < -0.4 is 0 Å². The molecule has 1 N–H and O–H groups in total. The average molecular weight is 319 g/mol. The van der Waals surface area contributed by atoms with E-state index >= 15 is 0 Å². The Balaban J connectivity index is 2.13. The number of amides is 1. The van der Waals surface area contributed by atoms with Gasteiger partial charge in [0.2, 0.25) is 5.91 Å². The van der Waals surface area contributed by atoms with Crippen molar-refractivity contribution in [3.8, 4) is 0 Å². The molecule has 0 aliphatic carbocycles. The molecule has 1 aromatic rings. The number of halogens is 3. The lowest BCUT2D eigenvalue weighted by Crippen LogP contribution is -2.43. The smallest absolute Gasteiger partial charge is 0.396 e. The van der Waals surface area contributed by atoms with E-state index < -0.39 is 18.5 Å². The third-order valence-electron chi connectivity index (χ3n) is 3.91. The predicted octanol–water partition coefficient (Wildman–Crippen LogP) is 1.84. The topological polar surface area (TPSA) is 58.4 Å². The van der Waals surface area contributed by atoms with Crippen LogP contribution in [-0.2, 0) is 23.9 Å². The fraction of sp³-hybridized carbons (Fsp3) is 0.714. The normalized spacial score (nSPS) is 19.5. The highest BCUT2D eigenvalue weighted by Crippen LogP contribution is 2.31. The van der Waals surface area contributed by atoms with Gasteiger partial charge in [-0.3, -0.25) is 9.48 Å². The molecule has 0 saturated carbocycles. The van der Waals surface area contributed by atoms with Crippen LogP contribution in [0.25, 0.3) is 0 Å². The zero-order valence-electron chi connectivity index (χ0n) is 12.4. The Morgan fingerprint density at radius 2 is 2.18 bits per heavy atom. The summed E-state index contributed by atoms with van der Waals surface area (Å²) in [6.07, 6.45) is -0.634. The monoisotopic (exact) mass is 319 g/mol. The largest absolute Gasteiger partial charge is 0.435 e. The van der Waals surface area contributed by atoms with E-state index in [1.54, 1.807) is 4.90 Å². The van der Waals surface area contributed by atoms with Crippen molar-refractivity contribution < 1.29 is 23.1 Å². The molecule has 0 aromatic carbocycles. The van der Waals surface area contributed by atoms with Gasteiger partial charge in [-0.25, -0.2) is 0 Å². The number of likely N-dealkylation sites (tertiary alicyclic amines) is 1. The number of rotatable bonds is 4. The lowest BCUT2D eigenvalue weighted by molar-refractivity contribution is -0.143. The molecule has 8 heteroatoms. The van der Waals surface area contributed by atoms with Crippen molar-refractivity contribution in [2.45, 2.75) is 51.4 Å². The maximum absolute atomic E-state index is 12.9. The number of nitrogens with zero attached hydrogens (tertiary/aromatic N) is 3. The molecule has 1 saturated heterocycles. The third-order valence-corrected chi connectivity index (χ3v) is 3.91. The minimum Gasteiger partial charge on any atom is -0.396 e. The summed E-state index contributed by atoms with van der Waals surface area (Å²) < 4.78 is 39.7. The summed E-state index contributed by atoms with van der Waals surface area (Å²) in [6, 6.07) is 0.107. The lowest BCUT2D eigenvalue weighted by atomic mass is 10.0. The third kappa shape index (κ3) is 3.79.